The van der Waals surface area contributed by atoms with Crippen molar-refractivity contribution >= 4 is 11.0 Å². The molecule has 3 aromatic heterocycles. The molecule has 0 aromatic carbocycles. The fraction of sp³-hybridized carbons (Fsp3) is 0.500. The molecule has 0 spiro atoms. The summed E-state index contributed by atoms with van der Waals surface area (Å²) in [5, 5.41) is 25.7. The maximum Gasteiger partial charge on any atom is 0.254 e. The number of aromatic nitrogens is 4. The van der Waals surface area contributed by atoms with Crippen molar-refractivity contribution in [1.29, 1.82) is 0 Å². The van der Waals surface area contributed by atoms with E-state index in [1.165, 1.54) is 6.33 Å². The number of aliphatic hydroxyl groups excluding tert-OH is 2. The number of aliphatic hydroxyl groups is 2. The third-order valence-electron chi connectivity index (χ3n) is 6.34. The van der Waals surface area contributed by atoms with Crippen molar-refractivity contribution in [1.82, 2.24) is 24.8 Å². The van der Waals surface area contributed by atoms with Gasteiger partial charge in [-0.1, -0.05) is 0 Å². The third kappa shape index (κ3) is 3.39. The topological polar surface area (TPSA) is 115 Å². The average molecular weight is 443 g/mol. The molecule has 1 fully saturated rings. The van der Waals surface area contributed by atoms with E-state index in [4.69, 9.17) is 9.47 Å². The van der Waals surface area contributed by atoms with Gasteiger partial charge in [-0.2, -0.15) is 4.98 Å². The van der Waals surface area contributed by atoms with Crippen LogP contribution in [0.4, 0.5) is 4.39 Å². The minimum Gasteiger partial charge on any atom is -0.476 e. The molecule has 9 nitrogen and oxygen atoms in total. The molecule has 5 rings (SSSR count). The zero-order valence-corrected chi connectivity index (χ0v) is 18.0. The fourth-order valence-electron chi connectivity index (χ4n) is 4.67. The maximum absolute atomic E-state index is 14.8. The lowest BCUT2D eigenvalue weighted by Gasteiger charge is -2.24. The molecule has 3 N–H and O–H groups in total. The van der Waals surface area contributed by atoms with Crippen LogP contribution in [0.1, 0.15) is 36.2 Å². The number of hydrogen-bond acceptors (Lipinski definition) is 8. The van der Waals surface area contributed by atoms with Gasteiger partial charge in [0.15, 0.2) is 5.82 Å². The molecule has 4 heterocycles. The number of fused-ring (bicyclic) bond motifs is 2. The van der Waals surface area contributed by atoms with Gasteiger partial charge >= 0.3 is 0 Å². The molecule has 0 amide bonds. The molecule has 1 saturated carbocycles. The summed E-state index contributed by atoms with van der Waals surface area (Å²) in [5.41, 5.74) is 2.67. The van der Waals surface area contributed by atoms with Gasteiger partial charge in [-0.15, -0.1) is 0 Å². The minimum absolute atomic E-state index is 0.101. The summed E-state index contributed by atoms with van der Waals surface area (Å²) in [6.45, 7) is 4.99. The number of halogens is 1. The largest absolute Gasteiger partial charge is 0.476 e. The predicted molar refractivity (Wildman–Crippen MR) is 113 cm³/mol. The SMILES string of the molecule is CCOc1nc(OC2CC(n3ccc4c(C)ncnc43)C(O)C2O)c2c(c1F)CCNC2. The molecule has 10 heteroatoms. The molecule has 1 aliphatic heterocycles. The molecule has 3 aromatic rings. The van der Waals surface area contributed by atoms with Crippen molar-refractivity contribution in [2.24, 2.45) is 0 Å². The normalized spacial score (nSPS) is 25.2. The van der Waals surface area contributed by atoms with E-state index in [9.17, 15) is 14.6 Å². The van der Waals surface area contributed by atoms with Gasteiger partial charge in [0.05, 0.1) is 18.3 Å². The fourth-order valence-corrected chi connectivity index (χ4v) is 4.67. The number of ether oxygens (including phenoxy) is 2. The first-order valence-electron chi connectivity index (χ1n) is 10.8. The number of rotatable bonds is 5. The first kappa shape index (κ1) is 21.0. The van der Waals surface area contributed by atoms with Gasteiger partial charge in [0, 0.05) is 35.7 Å². The van der Waals surface area contributed by atoms with Crippen LogP contribution >= 0.6 is 0 Å². The van der Waals surface area contributed by atoms with Crippen LogP contribution in [0.5, 0.6) is 11.8 Å². The molecule has 170 valence electrons. The summed E-state index contributed by atoms with van der Waals surface area (Å²) in [6.07, 6.45) is 1.21. The summed E-state index contributed by atoms with van der Waals surface area (Å²) in [4.78, 5) is 12.8. The monoisotopic (exact) mass is 443 g/mol. The second-order valence-electron chi connectivity index (χ2n) is 8.21. The first-order chi connectivity index (χ1) is 15.5. The van der Waals surface area contributed by atoms with Crippen LogP contribution in [0.15, 0.2) is 18.6 Å². The smallest absolute Gasteiger partial charge is 0.254 e. The van der Waals surface area contributed by atoms with Crippen LogP contribution in [0.2, 0.25) is 0 Å². The summed E-state index contributed by atoms with van der Waals surface area (Å²) < 4.78 is 28.2. The highest BCUT2D eigenvalue weighted by Crippen LogP contribution is 2.38. The quantitative estimate of drug-likeness (QED) is 0.543. The lowest BCUT2D eigenvalue weighted by molar-refractivity contribution is -0.0179. The number of aryl methyl sites for hydroxylation is 1. The maximum atomic E-state index is 14.8. The molecule has 4 unspecified atom stereocenters. The van der Waals surface area contributed by atoms with Crippen LogP contribution in [-0.4, -0.2) is 61.2 Å². The van der Waals surface area contributed by atoms with Crippen molar-refractivity contribution in [3.8, 4) is 11.8 Å². The van der Waals surface area contributed by atoms with E-state index in [1.54, 1.807) is 6.92 Å². The third-order valence-corrected chi connectivity index (χ3v) is 6.34. The summed E-state index contributed by atoms with van der Waals surface area (Å²) in [5.74, 6) is -0.338. The van der Waals surface area contributed by atoms with E-state index in [0.29, 0.717) is 42.7 Å². The van der Waals surface area contributed by atoms with Crippen molar-refractivity contribution in [2.75, 3.05) is 13.2 Å². The minimum atomic E-state index is -1.14. The lowest BCUT2D eigenvalue weighted by atomic mass is 10.0. The van der Waals surface area contributed by atoms with Gasteiger partial charge < -0.3 is 29.6 Å². The molecule has 2 aliphatic rings. The highest BCUT2D eigenvalue weighted by Gasteiger charge is 2.45. The van der Waals surface area contributed by atoms with E-state index in [1.807, 2.05) is 23.8 Å². The number of nitrogens with one attached hydrogen (secondary N) is 1. The Morgan fingerprint density at radius 2 is 2.06 bits per heavy atom. The molecule has 0 radical (unpaired) electrons. The Kier molecular flexibility index (Phi) is 5.44. The molecular formula is C22H26FN5O4. The Hall–Kier alpha value is -2.82. The molecule has 32 heavy (non-hydrogen) atoms. The average Bonchev–Trinajstić information content (AvgIpc) is 3.34. The Morgan fingerprint density at radius 1 is 1.22 bits per heavy atom. The first-order valence-corrected chi connectivity index (χ1v) is 10.8. The molecule has 1 aliphatic carbocycles. The van der Waals surface area contributed by atoms with Crippen molar-refractivity contribution in [2.45, 2.75) is 57.6 Å². The van der Waals surface area contributed by atoms with E-state index >= 15 is 0 Å². The number of hydrogen-bond donors (Lipinski definition) is 3. The van der Waals surface area contributed by atoms with Gasteiger partial charge in [0.1, 0.15) is 30.3 Å². The van der Waals surface area contributed by atoms with E-state index in [0.717, 1.165) is 11.1 Å². The Labute approximate surface area is 184 Å². The van der Waals surface area contributed by atoms with E-state index in [2.05, 4.69) is 20.3 Å². The molecule has 0 saturated heterocycles. The van der Waals surface area contributed by atoms with Gasteiger partial charge in [0.25, 0.3) is 5.88 Å². The van der Waals surface area contributed by atoms with Gasteiger partial charge in [-0.25, -0.2) is 14.4 Å². The highest BCUT2D eigenvalue weighted by molar-refractivity contribution is 5.78. The van der Waals surface area contributed by atoms with Crippen LogP contribution in [0.25, 0.3) is 11.0 Å². The van der Waals surface area contributed by atoms with E-state index < -0.39 is 30.2 Å². The van der Waals surface area contributed by atoms with Crippen LogP contribution in [0.3, 0.4) is 0 Å². The van der Waals surface area contributed by atoms with E-state index in [-0.39, 0.29) is 18.4 Å². The Morgan fingerprint density at radius 3 is 2.88 bits per heavy atom. The second-order valence-corrected chi connectivity index (χ2v) is 8.21. The van der Waals surface area contributed by atoms with Gasteiger partial charge in [-0.05, 0) is 32.9 Å². The summed E-state index contributed by atoms with van der Waals surface area (Å²) in [6, 6.07) is 1.46. The van der Waals surface area contributed by atoms with Crippen LogP contribution < -0.4 is 14.8 Å². The number of nitrogens with zero attached hydrogens (tertiary/aromatic N) is 4. The molecular weight excluding hydrogens is 417 g/mol. The van der Waals surface area contributed by atoms with Crippen LogP contribution in [-0.2, 0) is 13.0 Å². The van der Waals surface area contributed by atoms with Gasteiger partial charge in [-0.3, -0.25) is 0 Å². The Bertz CT molecular complexity index is 1150. The predicted octanol–water partition coefficient (Wildman–Crippen LogP) is 1.43. The zero-order valence-electron chi connectivity index (χ0n) is 18.0. The van der Waals surface area contributed by atoms with Crippen molar-refractivity contribution in [3.63, 3.8) is 0 Å². The summed E-state index contributed by atoms with van der Waals surface area (Å²) >= 11 is 0. The lowest BCUT2D eigenvalue weighted by Crippen LogP contribution is -2.35. The van der Waals surface area contributed by atoms with Gasteiger partial charge in [0.2, 0.25) is 5.88 Å². The second kappa shape index (κ2) is 8.27. The molecule has 4 atom stereocenters. The van der Waals surface area contributed by atoms with Crippen LogP contribution in [0, 0.1) is 12.7 Å². The van der Waals surface area contributed by atoms with Crippen molar-refractivity contribution < 1.29 is 24.1 Å². The Balaban J connectivity index is 1.46. The number of pyridine rings is 1. The van der Waals surface area contributed by atoms with Crippen molar-refractivity contribution in [3.05, 3.63) is 41.2 Å². The zero-order chi connectivity index (χ0) is 22.4. The standard InChI is InChI=1S/C22H26FN5O4/c1-3-31-22-17(23)13-4-6-24-9-14(13)21(27-22)32-16-8-15(18(29)19(16)30)28-7-5-12-11(2)25-10-26-20(12)28/h5,7,10,15-16,18-19,24,29-30H,3-4,6,8-9H2,1-2H3. The molecule has 0 bridgehead atoms. The highest BCUT2D eigenvalue weighted by atomic mass is 19.1. The summed E-state index contributed by atoms with van der Waals surface area (Å²) in [7, 11) is 0.